The number of fused-ring (bicyclic) bond motifs is 1. The number of benzene rings is 3. The number of amides is 2. The molecule has 178 valence electrons. The van der Waals surface area contributed by atoms with Gasteiger partial charge in [-0.3, -0.25) is 14.4 Å². The van der Waals surface area contributed by atoms with Gasteiger partial charge in [-0.1, -0.05) is 42.5 Å². The van der Waals surface area contributed by atoms with E-state index in [0.29, 0.717) is 34.7 Å². The molecule has 4 aromatic rings. The third-order valence-electron chi connectivity index (χ3n) is 5.77. The fourth-order valence-electron chi connectivity index (χ4n) is 3.92. The lowest BCUT2D eigenvalue weighted by Crippen LogP contribution is -2.38. The van der Waals surface area contributed by atoms with Gasteiger partial charge in [0.2, 0.25) is 5.91 Å². The fraction of sp³-hybridized carbons (Fsp3) is 0.179. The van der Waals surface area contributed by atoms with Crippen LogP contribution in [-0.4, -0.2) is 36.9 Å². The number of hydrogen-bond donors (Lipinski definition) is 1. The molecule has 0 aliphatic rings. The number of ether oxygens (including phenoxy) is 1. The Hall–Kier alpha value is -4.39. The van der Waals surface area contributed by atoms with E-state index < -0.39 is 5.91 Å². The van der Waals surface area contributed by atoms with E-state index in [1.807, 2.05) is 30.3 Å². The number of nitrogens with zero attached hydrogens (tertiary/aromatic N) is 1. The largest absolute Gasteiger partial charge is 0.497 e. The molecule has 0 fully saturated rings. The maximum atomic E-state index is 13.5. The minimum absolute atomic E-state index is 0.162. The van der Waals surface area contributed by atoms with Crippen molar-refractivity contribution in [1.82, 2.24) is 4.90 Å². The molecular weight excluding hydrogens is 444 g/mol. The molecule has 0 saturated carbocycles. The van der Waals surface area contributed by atoms with Crippen LogP contribution in [-0.2, 0) is 4.79 Å². The lowest BCUT2D eigenvalue weighted by Gasteiger charge is -2.21. The first-order valence-electron chi connectivity index (χ1n) is 11.3. The Morgan fingerprint density at radius 1 is 1.00 bits per heavy atom. The molecule has 3 aromatic carbocycles. The topological polar surface area (TPSA) is 88.9 Å². The van der Waals surface area contributed by atoms with E-state index in [4.69, 9.17) is 9.15 Å². The predicted molar refractivity (Wildman–Crippen MR) is 136 cm³/mol. The summed E-state index contributed by atoms with van der Waals surface area (Å²) < 4.78 is 11.4. The van der Waals surface area contributed by atoms with Crippen molar-refractivity contribution in [2.75, 3.05) is 25.5 Å². The van der Waals surface area contributed by atoms with Crippen molar-refractivity contribution >= 4 is 28.5 Å². The molecule has 2 amide bonds. The molecular formula is C28H26N2O5. The molecule has 1 N–H and O–H groups in total. The highest BCUT2D eigenvalue weighted by atomic mass is 16.5. The zero-order chi connectivity index (χ0) is 24.9. The maximum Gasteiger partial charge on any atom is 0.258 e. The van der Waals surface area contributed by atoms with Gasteiger partial charge in [0, 0.05) is 29.4 Å². The summed E-state index contributed by atoms with van der Waals surface area (Å²) in [6.07, 6.45) is 0. The van der Waals surface area contributed by atoms with Crippen LogP contribution in [0.25, 0.3) is 22.3 Å². The number of para-hydroxylation sites is 1. The number of carbonyl (C=O) groups is 2. The Bertz CT molecular complexity index is 1440. The summed E-state index contributed by atoms with van der Waals surface area (Å²) in [5, 5.41) is 3.11. The third-order valence-corrected chi connectivity index (χ3v) is 5.77. The molecule has 0 bridgehead atoms. The number of nitrogens with one attached hydrogen (secondary N) is 1. The maximum absolute atomic E-state index is 13.5. The van der Waals surface area contributed by atoms with Crippen molar-refractivity contribution in [3.63, 3.8) is 0 Å². The fourth-order valence-corrected chi connectivity index (χ4v) is 3.92. The van der Waals surface area contributed by atoms with E-state index in [0.717, 1.165) is 5.56 Å². The minimum atomic E-state index is -0.398. The lowest BCUT2D eigenvalue weighted by molar-refractivity contribution is -0.116. The Balaban J connectivity index is 1.66. The van der Waals surface area contributed by atoms with Gasteiger partial charge in [0.15, 0.2) is 11.0 Å². The predicted octanol–water partition coefficient (Wildman–Crippen LogP) is 4.88. The van der Waals surface area contributed by atoms with Gasteiger partial charge in [-0.25, -0.2) is 0 Å². The van der Waals surface area contributed by atoms with Crippen LogP contribution < -0.4 is 15.5 Å². The standard InChI is InChI=1S/C28H26N2O5/c1-4-30(17-24(31)29-20-12-8-13-21(16-20)34-3)28(33)23-15-9-14-22-25(32)18(2)26(35-27(22)23)19-10-6-5-7-11-19/h5-16H,4,17H2,1-3H3,(H,29,31). The molecule has 0 aliphatic carbocycles. The summed E-state index contributed by atoms with van der Waals surface area (Å²) in [6.45, 7) is 3.63. The van der Waals surface area contributed by atoms with Crippen LogP contribution in [0.1, 0.15) is 22.8 Å². The molecule has 0 aliphatic heterocycles. The number of methoxy groups -OCH3 is 1. The second kappa shape index (κ2) is 10.3. The highest BCUT2D eigenvalue weighted by Gasteiger charge is 2.23. The van der Waals surface area contributed by atoms with Gasteiger partial charge in [0.05, 0.1) is 18.1 Å². The SMILES string of the molecule is CCN(CC(=O)Nc1cccc(OC)c1)C(=O)c1cccc2c(=O)c(C)c(-c3ccccc3)oc12. The van der Waals surface area contributed by atoms with E-state index in [1.54, 1.807) is 63.4 Å². The number of rotatable bonds is 7. The van der Waals surface area contributed by atoms with Crippen LogP contribution in [0, 0.1) is 6.92 Å². The van der Waals surface area contributed by atoms with Gasteiger partial charge >= 0.3 is 0 Å². The van der Waals surface area contributed by atoms with E-state index in [-0.39, 0.29) is 29.0 Å². The number of likely N-dealkylation sites (N-methyl/N-ethyl adjacent to an activating group) is 1. The van der Waals surface area contributed by atoms with Crippen molar-refractivity contribution in [1.29, 1.82) is 0 Å². The lowest BCUT2D eigenvalue weighted by atomic mass is 10.0. The summed E-state index contributed by atoms with van der Waals surface area (Å²) in [5.74, 6) is 0.282. The monoisotopic (exact) mass is 470 g/mol. The third kappa shape index (κ3) is 4.94. The summed E-state index contributed by atoms with van der Waals surface area (Å²) in [5.41, 5.74) is 2.02. The molecule has 0 unspecified atom stereocenters. The molecule has 0 radical (unpaired) electrons. The highest BCUT2D eigenvalue weighted by molar-refractivity contribution is 6.06. The average molecular weight is 471 g/mol. The first kappa shape index (κ1) is 23.8. The second-order valence-corrected chi connectivity index (χ2v) is 8.03. The van der Waals surface area contributed by atoms with Crippen molar-refractivity contribution in [3.05, 3.63) is 94.1 Å². The Morgan fingerprint density at radius 2 is 1.74 bits per heavy atom. The smallest absolute Gasteiger partial charge is 0.258 e. The molecule has 7 heteroatoms. The van der Waals surface area contributed by atoms with Crippen LogP contribution in [0.4, 0.5) is 5.69 Å². The summed E-state index contributed by atoms with van der Waals surface area (Å²) >= 11 is 0. The van der Waals surface area contributed by atoms with Gasteiger partial charge in [-0.2, -0.15) is 0 Å². The molecule has 1 aromatic heterocycles. The summed E-state index contributed by atoms with van der Waals surface area (Å²) in [4.78, 5) is 40.7. The van der Waals surface area contributed by atoms with Gasteiger partial charge in [0.25, 0.3) is 5.91 Å². The molecule has 7 nitrogen and oxygen atoms in total. The van der Waals surface area contributed by atoms with Gasteiger partial charge < -0.3 is 19.4 Å². The Labute approximate surface area is 202 Å². The van der Waals surface area contributed by atoms with Gasteiger partial charge in [0.1, 0.15) is 18.1 Å². The Morgan fingerprint density at radius 3 is 2.46 bits per heavy atom. The molecule has 0 saturated heterocycles. The minimum Gasteiger partial charge on any atom is -0.497 e. The first-order valence-corrected chi connectivity index (χ1v) is 11.3. The van der Waals surface area contributed by atoms with E-state index in [9.17, 15) is 14.4 Å². The van der Waals surface area contributed by atoms with E-state index in [1.165, 1.54) is 4.90 Å². The Kier molecular flexibility index (Phi) is 6.96. The number of hydrogen-bond acceptors (Lipinski definition) is 5. The zero-order valence-electron chi connectivity index (χ0n) is 19.8. The van der Waals surface area contributed by atoms with E-state index >= 15 is 0 Å². The number of carbonyl (C=O) groups excluding carboxylic acids is 2. The first-order chi connectivity index (χ1) is 16.9. The molecule has 35 heavy (non-hydrogen) atoms. The van der Waals surface area contributed by atoms with Crippen molar-refractivity contribution in [3.8, 4) is 17.1 Å². The van der Waals surface area contributed by atoms with Crippen LogP contribution in [0.2, 0.25) is 0 Å². The molecule has 1 heterocycles. The number of anilines is 1. The second-order valence-electron chi connectivity index (χ2n) is 8.03. The van der Waals surface area contributed by atoms with E-state index in [2.05, 4.69) is 5.32 Å². The quantitative estimate of drug-likeness (QED) is 0.416. The molecule has 4 rings (SSSR count). The van der Waals surface area contributed by atoms with Crippen molar-refractivity contribution in [2.24, 2.45) is 0 Å². The van der Waals surface area contributed by atoms with Gasteiger partial charge in [-0.15, -0.1) is 0 Å². The van der Waals surface area contributed by atoms with Gasteiger partial charge in [-0.05, 0) is 38.1 Å². The van der Waals surface area contributed by atoms with Crippen LogP contribution >= 0.6 is 0 Å². The zero-order valence-corrected chi connectivity index (χ0v) is 19.8. The van der Waals surface area contributed by atoms with Crippen LogP contribution in [0.3, 0.4) is 0 Å². The molecule has 0 spiro atoms. The summed E-state index contributed by atoms with van der Waals surface area (Å²) in [7, 11) is 1.55. The normalized spacial score (nSPS) is 10.7. The molecule has 0 atom stereocenters. The van der Waals surface area contributed by atoms with Crippen LogP contribution in [0.5, 0.6) is 5.75 Å². The van der Waals surface area contributed by atoms with Crippen LogP contribution in [0.15, 0.2) is 82.0 Å². The average Bonchev–Trinajstić information content (AvgIpc) is 2.89. The van der Waals surface area contributed by atoms with Crippen molar-refractivity contribution in [2.45, 2.75) is 13.8 Å². The highest BCUT2D eigenvalue weighted by Crippen LogP contribution is 2.28. The van der Waals surface area contributed by atoms with Crippen molar-refractivity contribution < 1.29 is 18.7 Å². The summed E-state index contributed by atoms with van der Waals surface area (Å²) in [6, 6.07) is 21.2.